The smallest absolute Gasteiger partial charge is 0.135 e. The van der Waals surface area contributed by atoms with Crippen molar-refractivity contribution in [3.63, 3.8) is 0 Å². The minimum absolute atomic E-state index is 0.0938. The summed E-state index contributed by atoms with van der Waals surface area (Å²) in [6.45, 7) is 6.35. The normalized spacial score (nSPS) is 11.8. The summed E-state index contributed by atoms with van der Waals surface area (Å²) in [6.07, 6.45) is 0.823. The van der Waals surface area contributed by atoms with Crippen LogP contribution < -0.4 is 0 Å². The highest BCUT2D eigenvalue weighted by molar-refractivity contribution is 6.10. The summed E-state index contributed by atoms with van der Waals surface area (Å²) in [5.41, 5.74) is 6.48. The Labute approximate surface area is 238 Å². The molecule has 5 nitrogen and oxygen atoms in total. The third-order valence-electron chi connectivity index (χ3n) is 6.34. The molecule has 4 aromatic carbocycles. The van der Waals surface area contributed by atoms with Gasteiger partial charge in [0.1, 0.15) is 5.78 Å². The molecule has 0 aliphatic heterocycles. The minimum Gasteiger partial charge on any atom is -0.300 e. The summed E-state index contributed by atoms with van der Waals surface area (Å²) in [7, 11) is 0. The predicted molar refractivity (Wildman–Crippen MR) is 165 cm³/mol. The lowest BCUT2D eigenvalue weighted by Crippen LogP contribution is -2.23. The van der Waals surface area contributed by atoms with Crippen LogP contribution in [0.2, 0.25) is 0 Å². The van der Waals surface area contributed by atoms with E-state index >= 15 is 0 Å². The Kier molecular flexibility index (Phi) is 10.8. The van der Waals surface area contributed by atoms with Crippen molar-refractivity contribution in [3.05, 3.63) is 144 Å². The summed E-state index contributed by atoms with van der Waals surface area (Å²) in [5.74, 6) is 0.0938. The molecule has 0 aliphatic rings. The molecule has 0 N–H and O–H groups in total. The zero-order valence-electron chi connectivity index (χ0n) is 23.5. The third kappa shape index (κ3) is 9.99. The summed E-state index contributed by atoms with van der Waals surface area (Å²) in [4.78, 5) is 12.3. The molecule has 0 saturated carbocycles. The molecule has 40 heavy (non-hydrogen) atoms. The average Bonchev–Trinajstić information content (AvgIpc) is 2.95. The van der Waals surface area contributed by atoms with E-state index in [0.29, 0.717) is 39.0 Å². The molecule has 0 aliphatic carbocycles. The zero-order valence-corrected chi connectivity index (χ0v) is 23.5. The number of nitrogens with zero attached hydrogens (tertiary/aromatic N) is 4. The fraction of sp³-hybridized carbons (Fsp3) is 0.229. The molecule has 0 amide bonds. The molecule has 0 unspecified atom stereocenters. The molecular weight excluding hydrogens is 492 g/mol. The number of benzene rings is 4. The fourth-order valence-electron chi connectivity index (χ4n) is 4.62. The van der Waals surface area contributed by atoms with Gasteiger partial charge in [0, 0.05) is 18.6 Å². The second-order valence-corrected chi connectivity index (χ2v) is 10.1. The first kappa shape index (κ1) is 28.5. The van der Waals surface area contributed by atoms with Gasteiger partial charge in [0.2, 0.25) is 0 Å². The number of hydrazone groups is 2. The molecule has 0 atom stereocenters. The maximum Gasteiger partial charge on any atom is 0.135 e. The summed E-state index contributed by atoms with van der Waals surface area (Å²) >= 11 is 0. The van der Waals surface area contributed by atoms with Crippen LogP contribution in [-0.2, 0) is 31.0 Å². The van der Waals surface area contributed by atoms with Crippen molar-refractivity contribution in [1.82, 2.24) is 10.0 Å². The minimum atomic E-state index is 0.0938. The quantitative estimate of drug-likeness (QED) is 0.125. The van der Waals surface area contributed by atoms with Crippen LogP contribution in [0.4, 0.5) is 0 Å². The summed E-state index contributed by atoms with van der Waals surface area (Å²) < 4.78 is 0. The van der Waals surface area contributed by atoms with Crippen LogP contribution in [-0.4, -0.2) is 27.2 Å². The van der Waals surface area contributed by atoms with E-state index in [1.807, 2.05) is 55.5 Å². The van der Waals surface area contributed by atoms with Gasteiger partial charge in [-0.05, 0) is 36.1 Å². The van der Waals surface area contributed by atoms with Gasteiger partial charge in [-0.3, -0.25) is 14.8 Å². The average molecular weight is 531 g/mol. The first-order valence-electron chi connectivity index (χ1n) is 13.8. The Morgan fingerprint density at radius 1 is 0.500 bits per heavy atom. The van der Waals surface area contributed by atoms with E-state index < -0.39 is 0 Å². The van der Waals surface area contributed by atoms with E-state index in [1.54, 1.807) is 6.92 Å². The van der Waals surface area contributed by atoms with Crippen molar-refractivity contribution in [2.24, 2.45) is 10.2 Å². The van der Waals surface area contributed by atoms with Gasteiger partial charge >= 0.3 is 0 Å². The maximum atomic E-state index is 12.3. The van der Waals surface area contributed by atoms with Crippen molar-refractivity contribution in [1.29, 1.82) is 0 Å². The monoisotopic (exact) mass is 530 g/mol. The van der Waals surface area contributed by atoms with Gasteiger partial charge in [-0.2, -0.15) is 10.2 Å². The molecule has 5 heteroatoms. The van der Waals surface area contributed by atoms with Crippen molar-refractivity contribution < 1.29 is 4.79 Å². The molecular formula is C35H38N4O. The number of hydrogen-bond acceptors (Lipinski definition) is 5. The Hall–Kier alpha value is -4.51. The van der Waals surface area contributed by atoms with Crippen LogP contribution >= 0.6 is 0 Å². The summed E-state index contributed by atoms with van der Waals surface area (Å²) in [6, 6.07) is 41.4. The SMILES string of the molecule is CC(=O)CC(CC(C)=NN(Cc1ccccc1)Cc1ccccc1)=NN(Cc1ccccc1)Cc1ccccc1. The van der Waals surface area contributed by atoms with Gasteiger partial charge in [-0.15, -0.1) is 0 Å². The molecule has 0 saturated heterocycles. The van der Waals surface area contributed by atoms with Gasteiger partial charge in [0.05, 0.1) is 31.9 Å². The van der Waals surface area contributed by atoms with Crippen LogP contribution in [0, 0.1) is 0 Å². The lowest BCUT2D eigenvalue weighted by molar-refractivity contribution is -0.115. The van der Waals surface area contributed by atoms with Gasteiger partial charge in [-0.1, -0.05) is 121 Å². The molecule has 0 fully saturated rings. The summed E-state index contributed by atoms with van der Waals surface area (Å²) in [5, 5.41) is 14.2. The molecule has 0 radical (unpaired) electrons. The van der Waals surface area contributed by atoms with E-state index in [-0.39, 0.29) is 5.78 Å². The second kappa shape index (κ2) is 15.2. The van der Waals surface area contributed by atoms with Crippen LogP contribution in [0.25, 0.3) is 0 Å². The lowest BCUT2D eigenvalue weighted by atomic mass is 10.1. The highest BCUT2D eigenvalue weighted by Crippen LogP contribution is 2.15. The first-order valence-corrected chi connectivity index (χ1v) is 13.8. The Morgan fingerprint density at radius 3 is 1.15 bits per heavy atom. The molecule has 204 valence electrons. The molecule has 0 aromatic heterocycles. The number of rotatable bonds is 14. The number of Topliss-reactive ketones (excluding diaryl/α,β-unsaturated/α-hetero) is 1. The van der Waals surface area contributed by atoms with Crippen LogP contribution in [0.5, 0.6) is 0 Å². The maximum absolute atomic E-state index is 12.3. The van der Waals surface area contributed by atoms with E-state index in [9.17, 15) is 4.79 Å². The van der Waals surface area contributed by atoms with E-state index in [2.05, 4.69) is 82.8 Å². The van der Waals surface area contributed by atoms with Gasteiger partial charge < -0.3 is 0 Å². The van der Waals surface area contributed by atoms with Crippen LogP contribution in [0.15, 0.2) is 132 Å². The Morgan fingerprint density at radius 2 is 0.825 bits per heavy atom. The fourth-order valence-corrected chi connectivity index (χ4v) is 4.62. The lowest BCUT2D eigenvalue weighted by Gasteiger charge is -2.23. The topological polar surface area (TPSA) is 48.3 Å². The number of ketones is 1. The van der Waals surface area contributed by atoms with E-state index in [4.69, 9.17) is 10.2 Å². The molecule has 0 spiro atoms. The van der Waals surface area contributed by atoms with Gasteiger partial charge in [0.25, 0.3) is 0 Å². The third-order valence-corrected chi connectivity index (χ3v) is 6.34. The largest absolute Gasteiger partial charge is 0.300 e. The molecule has 4 rings (SSSR count). The van der Waals surface area contributed by atoms with Gasteiger partial charge in [0.15, 0.2) is 0 Å². The number of hydrogen-bond donors (Lipinski definition) is 0. The van der Waals surface area contributed by atoms with Crippen LogP contribution in [0.3, 0.4) is 0 Å². The Balaban J connectivity index is 1.58. The van der Waals surface area contributed by atoms with E-state index in [1.165, 1.54) is 22.3 Å². The Bertz CT molecular complexity index is 1290. The van der Waals surface area contributed by atoms with Crippen molar-refractivity contribution in [2.75, 3.05) is 0 Å². The molecule has 0 bridgehead atoms. The predicted octanol–water partition coefficient (Wildman–Crippen LogP) is 7.49. The first-order chi connectivity index (χ1) is 19.5. The number of carbonyl (C=O) groups excluding carboxylic acids is 1. The van der Waals surface area contributed by atoms with E-state index in [0.717, 1.165) is 11.4 Å². The highest BCUT2D eigenvalue weighted by Gasteiger charge is 2.13. The highest BCUT2D eigenvalue weighted by atomic mass is 16.1. The van der Waals surface area contributed by atoms with Gasteiger partial charge in [-0.25, -0.2) is 0 Å². The second-order valence-electron chi connectivity index (χ2n) is 10.1. The molecule has 0 heterocycles. The van der Waals surface area contributed by atoms with Crippen molar-refractivity contribution in [2.45, 2.75) is 52.9 Å². The zero-order chi connectivity index (χ0) is 28.0. The molecule has 4 aromatic rings. The number of carbonyl (C=O) groups is 1. The standard InChI is InChI=1S/C35H38N4O/c1-29(36-38(25-31-15-7-3-8-16-31)26-32-17-9-4-10-18-32)23-35(24-30(2)40)37-39(27-33-19-11-5-12-20-33)28-34-21-13-6-14-22-34/h3-22H,23-28H2,1-2H3. The van der Waals surface area contributed by atoms with Crippen LogP contribution in [0.1, 0.15) is 48.9 Å². The van der Waals surface area contributed by atoms with Crippen molar-refractivity contribution >= 4 is 17.2 Å². The van der Waals surface area contributed by atoms with Crippen molar-refractivity contribution in [3.8, 4) is 0 Å².